The first kappa shape index (κ1) is 12.0. The van der Waals surface area contributed by atoms with E-state index in [0.29, 0.717) is 5.41 Å². The maximum absolute atomic E-state index is 5.86. The molecule has 1 heteroatoms. The van der Waals surface area contributed by atoms with Crippen molar-refractivity contribution in [3.63, 3.8) is 0 Å². The van der Waals surface area contributed by atoms with Gasteiger partial charge in [-0.1, -0.05) is 20.8 Å². The summed E-state index contributed by atoms with van der Waals surface area (Å²) in [5.74, 6) is 1.67. The highest BCUT2D eigenvalue weighted by Crippen LogP contribution is 2.46. The normalized spacial score (nSPS) is 28.7. The highest BCUT2D eigenvalue weighted by molar-refractivity contribution is 4.88. The van der Waals surface area contributed by atoms with E-state index in [0.717, 1.165) is 18.4 Å². The Hall–Kier alpha value is -0.0400. The fraction of sp³-hybridized carbons (Fsp3) is 1.00. The second-order valence-electron chi connectivity index (χ2n) is 6.73. The second kappa shape index (κ2) is 3.84. The first-order valence-corrected chi connectivity index (χ1v) is 5.84. The van der Waals surface area contributed by atoms with Crippen molar-refractivity contribution in [3.05, 3.63) is 0 Å². The monoisotopic (exact) mass is 198 g/mol. The molecule has 2 unspecified atom stereocenters. The minimum atomic E-state index is 0.0258. The van der Waals surface area contributed by atoms with Crippen LogP contribution in [0, 0.1) is 17.3 Å². The molecular weight excluding hydrogens is 172 g/mol. The summed E-state index contributed by atoms with van der Waals surface area (Å²) in [4.78, 5) is 0. The first-order valence-electron chi connectivity index (χ1n) is 5.84. The quantitative estimate of drug-likeness (QED) is 0.654. The third-order valence-corrected chi connectivity index (χ3v) is 3.26. The summed E-state index contributed by atoms with van der Waals surface area (Å²) in [6.07, 6.45) is 2.75. The summed E-state index contributed by atoms with van der Waals surface area (Å²) in [5.41, 5.74) is 0.488. The average Bonchev–Trinajstić information content (AvgIpc) is 1.76. The Bertz CT molecular complexity index is 182. The topological polar surface area (TPSA) is 9.23 Å². The maximum atomic E-state index is 5.86. The van der Waals surface area contributed by atoms with E-state index >= 15 is 0 Å². The predicted molar refractivity (Wildman–Crippen MR) is 61.4 cm³/mol. The van der Waals surface area contributed by atoms with Gasteiger partial charge in [-0.25, -0.2) is 0 Å². The van der Waals surface area contributed by atoms with Crippen LogP contribution in [0.4, 0.5) is 0 Å². The second-order valence-corrected chi connectivity index (χ2v) is 6.73. The van der Waals surface area contributed by atoms with Crippen molar-refractivity contribution in [1.29, 1.82) is 0 Å². The molecular formula is C13H26O. The van der Waals surface area contributed by atoms with Gasteiger partial charge in [0, 0.05) is 0 Å². The lowest BCUT2D eigenvalue weighted by molar-refractivity contribution is -0.0732. The number of ether oxygens (including phenoxy) is 1. The van der Waals surface area contributed by atoms with E-state index in [1.54, 1.807) is 0 Å². The van der Waals surface area contributed by atoms with Crippen LogP contribution in [-0.4, -0.2) is 12.2 Å². The molecule has 1 saturated carbocycles. The molecule has 1 aliphatic rings. The van der Waals surface area contributed by atoms with Gasteiger partial charge in [-0.2, -0.15) is 0 Å². The highest BCUT2D eigenvalue weighted by Gasteiger charge is 2.39. The van der Waals surface area contributed by atoms with Gasteiger partial charge in [-0.05, 0) is 50.9 Å². The molecule has 14 heavy (non-hydrogen) atoms. The lowest BCUT2D eigenvalue weighted by Crippen LogP contribution is -2.40. The van der Waals surface area contributed by atoms with Crippen molar-refractivity contribution in [2.24, 2.45) is 17.3 Å². The van der Waals surface area contributed by atoms with Crippen molar-refractivity contribution in [3.8, 4) is 0 Å². The summed E-state index contributed by atoms with van der Waals surface area (Å²) >= 11 is 0. The first-order chi connectivity index (χ1) is 6.20. The fourth-order valence-electron chi connectivity index (χ4n) is 2.27. The Labute approximate surface area is 89.2 Å². The molecule has 1 aliphatic carbocycles. The smallest absolute Gasteiger partial charge is 0.0598 e. The molecule has 0 radical (unpaired) electrons. The molecule has 0 N–H and O–H groups in total. The third-order valence-electron chi connectivity index (χ3n) is 3.26. The van der Waals surface area contributed by atoms with Crippen LogP contribution in [0.5, 0.6) is 0 Å². The summed E-state index contributed by atoms with van der Waals surface area (Å²) in [6.45, 7) is 14.4. The molecule has 0 bridgehead atoms. The van der Waals surface area contributed by atoms with Gasteiger partial charge in [-0.15, -0.1) is 0 Å². The van der Waals surface area contributed by atoms with E-state index < -0.39 is 0 Å². The lowest BCUT2D eigenvalue weighted by atomic mass is 9.62. The molecule has 0 amide bonds. The molecule has 1 fully saturated rings. The third kappa shape index (κ3) is 3.27. The maximum Gasteiger partial charge on any atom is 0.0598 e. The zero-order valence-electron chi connectivity index (χ0n) is 10.7. The fourth-order valence-corrected chi connectivity index (χ4v) is 2.27. The molecule has 84 valence electrons. The van der Waals surface area contributed by atoms with Gasteiger partial charge >= 0.3 is 0 Å². The highest BCUT2D eigenvalue weighted by atomic mass is 16.5. The van der Waals surface area contributed by atoms with E-state index in [4.69, 9.17) is 4.74 Å². The number of hydrogen-bond acceptors (Lipinski definition) is 1. The minimum Gasteiger partial charge on any atom is -0.376 e. The van der Waals surface area contributed by atoms with Crippen LogP contribution in [-0.2, 0) is 4.74 Å². The Balaban J connectivity index is 2.34. The largest absolute Gasteiger partial charge is 0.376 e. The summed E-state index contributed by atoms with van der Waals surface area (Å²) in [5, 5.41) is 0. The lowest BCUT2D eigenvalue weighted by Gasteiger charge is -2.46. The molecule has 1 nitrogen and oxygen atoms in total. The van der Waals surface area contributed by atoms with Crippen LogP contribution in [0.25, 0.3) is 0 Å². The van der Waals surface area contributed by atoms with E-state index in [-0.39, 0.29) is 5.60 Å². The van der Waals surface area contributed by atoms with Crippen molar-refractivity contribution in [2.75, 3.05) is 6.61 Å². The molecule has 0 aromatic rings. The Kier molecular flexibility index (Phi) is 3.30. The molecule has 0 aliphatic heterocycles. The number of rotatable bonds is 2. The van der Waals surface area contributed by atoms with Gasteiger partial charge in [0.05, 0.1) is 12.2 Å². The molecule has 0 spiro atoms. The van der Waals surface area contributed by atoms with E-state index in [1.165, 1.54) is 12.8 Å². The van der Waals surface area contributed by atoms with Crippen LogP contribution in [0.15, 0.2) is 0 Å². The summed E-state index contributed by atoms with van der Waals surface area (Å²) in [7, 11) is 0. The van der Waals surface area contributed by atoms with E-state index in [1.807, 2.05) is 0 Å². The van der Waals surface area contributed by atoms with Crippen LogP contribution >= 0.6 is 0 Å². The van der Waals surface area contributed by atoms with Crippen molar-refractivity contribution < 1.29 is 4.74 Å². The van der Waals surface area contributed by atoms with Gasteiger partial charge in [0.15, 0.2) is 0 Å². The minimum absolute atomic E-state index is 0.0258. The van der Waals surface area contributed by atoms with E-state index in [2.05, 4.69) is 41.5 Å². The Morgan fingerprint density at radius 2 is 1.57 bits per heavy atom. The molecule has 2 atom stereocenters. The van der Waals surface area contributed by atoms with Crippen LogP contribution in [0.1, 0.15) is 54.4 Å². The van der Waals surface area contributed by atoms with Crippen molar-refractivity contribution >= 4 is 0 Å². The Morgan fingerprint density at radius 3 is 1.86 bits per heavy atom. The predicted octanol–water partition coefficient (Wildman–Crippen LogP) is 3.87. The molecule has 0 aromatic heterocycles. The van der Waals surface area contributed by atoms with Gasteiger partial charge < -0.3 is 4.74 Å². The van der Waals surface area contributed by atoms with Gasteiger partial charge in [-0.3, -0.25) is 0 Å². The van der Waals surface area contributed by atoms with Crippen LogP contribution < -0.4 is 0 Å². The van der Waals surface area contributed by atoms with Crippen LogP contribution in [0.2, 0.25) is 0 Å². The van der Waals surface area contributed by atoms with Crippen molar-refractivity contribution in [1.82, 2.24) is 0 Å². The zero-order chi connectivity index (χ0) is 11.0. The summed E-state index contributed by atoms with van der Waals surface area (Å²) in [6, 6.07) is 0. The number of hydrogen-bond donors (Lipinski definition) is 0. The van der Waals surface area contributed by atoms with Crippen LogP contribution in [0.3, 0.4) is 0 Å². The van der Waals surface area contributed by atoms with Crippen molar-refractivity contribution in [2.45, 2.75) is 60.0 Å². The zero-order valence-corrected chi connectivity index (χ0v) is 10.7. The molecule has 0 saturated heterocycles. The summed E-state index contributed by atoms with van der Waals surface area (Å²) < 4.78 is 5.86. The standard InChI is InChI=1S/C13H26O/c1-12(2,3)11-8-7-10(11)9-14-13(4,5)6/h10-11H,7-9H2,1-6H3. The average molecular weight is 198 g/mol. The molecule has 1 rings (SSSR count). The SMILES string of the molecule is CC(C)(C)OCC1CCC1C(C)(C)C. The van der Waals surface area contributed by atoms with Gasteiger partial charge in [0.2, 0.25) is 0 Å². The van der Waals surface area contributed by atoms with Gasteiger partial charge in [0.1, 0.15) is 0 Å². The molecule has 0 aromatic carbocycles. The Morgan fingerprint density at radius 1 is 1.00 bits per heavy atom. The van der Waals surface area contributed by atoms with E-state index in [9.17, 15) is 0 Å². The molecule has 0 heterocycles. The van der Waals surface area contributed by atoms with Gasteiger partial charge in [0.25, 0.3) is 0 Å².